The number of hydrogen-bond acceptors (Lipinski definition) is 2. The zero-order valence-corrected chi connectivity index (χ0v) is 10.5. The summed E-state index contributed by atoms with van der Waals surface area (Å²) in [4.78, 5) is 4.05. The molecule has 0 spiro atoms. The molecule has 2 aliphatic rings. The molecule has 2 aliphatic carbocycles. The van der Waals surface area contributed by atoms with Crippen LogP contribution in [-0.2, 0) is 6.54 Å². The summed E-state index contributed by atoms with van der Waals surface area (Å²) in [7, 11) is 0. The summed E-state index contributed by atoms with van der Waals surface area (Å²) < 4.78 is 2.15. The molecule has 94 valence electrons. The van der Waals surface area contributed by atoms with Gasteiger partial charge < -0.3 is 9.88 Å². The minimum atomic E-state index is 0.988. The molecule has 2 saturated carbocycles. The molecule has 1 aromatic heterocycles. The van der Waals surface area contributed by atoms with Crippen molar-refractivity contribution in [2.24, 2.45) is 17.8 Å². The van der Waals surface area contributed by atoms with Gasteiger partial charge in [0.2, 0.25) is 0 Å². The number of fused-ring (bicyclic) bond motifs is 2. The molecule has 3 unspecified atom stereocenters. The minimum Gasteiger partial charge on any atom is -0.337 e. The highest BCUT2D eigenvalue weighted by molar-refractivity contribution is 4.90. The van der Waals surface area contributed by atoms with E-state index in [1.165, 1.54) is 38.6 Å². The second kappa shape index (κ2) is 5.21. The van der Waals surface area contributed by atoms with Gasteiger partial charge in [-0.25, -0.2) is 4.98 Å². The quantitative estimate of drug-likeness (QED) is 0.764. The maximum atomic E-state index is 4.05. The van der Waals surface area contributed by atoms with Crippen molar-refractivity contribution >= 4 is 0 Å². The third kappa shape index (κ3) is 2.71. The molecule has 1 aromatic rings. The lowest BCUT2D eigenvalue weighted by molar-refractivity contribution is 0.318. The topological polar surface area (TPSA) is 29.9 Å². The van der Waals surface area contributed by atoms with Crippen molar-refractivity contribution in [2.45, 2.75) is 38.6 Å². The Bertz CT molecular complexity index is 333. The van der Waals surface area contributed by atoms with Crippen LogP contribution in [0.15, 0.2) is 18.7 Å². The van der Waals surface area contributed by atoms with Crippen LogP contribution in [-0.4, -0.2) is 22.6 Å². The van der Waals surface area contributed by atoms with Gasteiger partial charge in [0.1, 0.15) is 0 Å². The fourth-order valence-electron chi connectivity index (χ4n) is 3.72. The molecule has 3 rings (SSSR count). The molecular formula is C14H23N3. The third-order valence-corrected chi connectivity index (χ3v) is 4.62. The van der Waals surface area contributed by atoms with Gasteiger partial charge in [-0.2, -0.15) is 0 Å². The van der Waals surface area contributed by atoms with Gasteiger partial charge in [-0.3, -0.25) is 0 Å². The number of hydrogen-bond donors (Lipinski definition) is 1. The predicted octanol–water partition coefficient (Wildman–Crippen LogP) is 2.30. The van der Waals surface area contributed by atoms with Crippen molar-refractivity contribution < 1.29 is 0 Å². The summed E-state index contributed by atoms with van der Waals surface area (Å²) in [6.07, 6.45) is 13.0. The first-order valence-electron chi connectivity index (χ1n) is 7.08. The summed E-state index contributed by atoms with van der Waals surface area (Å²) in [6.45, 7) is 3.49. The fraction of sp³-hybridized carbons (Fsp3) is 0.786. The Morgan fingerprint density at radius 3 is 3.00 bits per heavy atom. The van der Waals surface area contributed by atoms with E-state index in [0.717, 1.165) is 30.8 Å². The molecule has 0 amide bonds. The number of nitrogens with one attached hydrogen (secondary N) is 1. The van der Waals surface area contributed by atoms with E-state index in [0.29, 0.717) is 0 Å². The van der Waals surface area contributed by atoms with Gasteiger partial charge in [-0.15, -0.1) is 0 Å². The third-order valence-electron chi connectivity index (χ3n) is 4.62. The molecule has 1 N–H and O–H groups in total. The molecule has 3 nitrogen and oxygen atoms in total. The first-order valence-corrected chi connectivity index (χ1v) is 7.08. The molecule has 0 radical (unpaired) electrons. The molecule has 3 atom stereocenters. The van der Waals surface area contributed by atoms with Gasteiger partial charge in [0.05, 0.1) is 6.33 Å². The normalized spacial score (nSPS) is 31.2. The Kier molecular flexibility index (Phi) is 3.46. The summed E-state index contributed by atoms with van der Waals surface area (Å²) in [5.41, 5.74) is 0. The van der Waals surface area contributed by atoms with Gasteiger partial charge in [-0.05, 0) is 56.5 Å². The standard InChI is InChI=1S/C14H23N3/c1(6-17-7-5-16-11-17)4-15-10-14-9-12-2-3-13(14)8-12/h5,7,11-15H,1-4,6,8-10H2. The molecule has 1 heterocycles. The van der Waals surface area contributed by atoms with Crippen LogP contribution in [0.2, 0.25) is 0 Å². The average molecular weight is 233 g/mol. The lowest BCUT2D eigenvalue weighted by atomic mass is 9.89. The maximum Gasteiger partial charge on any atom is 0.0945 e. The highest BCUT2D eigenvalue weighted by Crippen LogP contribution is 2.47. The molecule has 2 fully saturated rings. The lowest BCUT2D eigenvalue weighted by Crippen LogP contribution is -2.27. The fourth-order valence-corrected chi connectivity index (χ4v) is 3.72. The largest absolute Gasteiger partial charge is 0.337 e. The van der Waals surface area contributed by atoms with Crippen molar-refractivity contribution in [3.63, 3.8) is 0 Å². The van der Waals surface area contributed by atoms with Crippen LogP contribution in [0.25, 0.3) is 0 Å². The smallest absolute Gasteiger partial charge is 0.0945 e. The van der Waals surface area contributed by atoms with Crippen LogP contribution in [0.4, 0.5) is 0 Å². The molecule has 17 heavy (non-hydrogen) atoms. The number of imidazole rings is 1. The average Bonchev–Trinajstić information content (AvgIpc) is 3.05. The molecule has 0 aromatic carbocycles. The number of aryl methyl sites for hydroxylation is 1. The molecular weight excluding hydrogens is 210 g/mol. The van der Waals surface area contributed by atoms with Crippen molar-refractivity contribution in [2.75, 3.05) is 13.1 Å². The van der Waals surface area contributed by atoms with Crippen molar-refractivity contribution in [3.05, 3.63) is 18.7 Å². The van der Waals surface area contributed by atoms with Crippen LogP contribution in [0, 0.1) is 17.8 Å². The Morgan fingerprint density at radius 1 is 1.29 bits per heavy atom. The van der Waals surface area contributed by atoms with Crippen molar-refractivity contribution in [1.29, 1.82) is 0 Å². The Labute approximate surface area is 104 Å². The molecule has 0 saturated heterocycles. The van der Waals surface area contributed by atoms with E-state index in [4.69, 9.17) is 0 Å². The van der Waals surface area contributed by atoms with Gasteiger partial charge in [0.25, 0.3) is 0 Å². The SMILES string of the molecule is c1cn(CCCNCC2CC3CCC2C3)cn1. The van der Waals surface area contributed by atoms with Crippen LogP contribution < -0.4 is 5.32 Å². The zero-order valence-electron chi connectivity index (χ0n) is 10.5. The van der Waals surface area contributed by atoms with Crippen molar-refractivity contribution in [3.8, 4) is 0 Å². The van der Waals surface area contributed by atoms with E-state index in [9.17, 15) is 0 Å². The monoisotopic (exact) mass is 233 g/mol. The van der Waals surface area contributed by atoms with E-state index in [2.05, 4.69) is 14.9 Å². The zero-order chi connectivity index (χ0) is 11.5. The number of nitrogens with zero attached hydrogens (tertiary/aromatic N) is 2. The Balaban J connectivity index is 1.28. The molecule has 0 aliphatic heterocycles. The second-order valence-corrected chi connectivity index (χ2v) is 5.79. The van der Waals surface area contributed by atoms with Crippen LogP contribution in [0.5, 0.6) is 0 Å². The van der Waals surface area contributed by atoms with E-state index < -0.39 is 0 Å². The van der Waals surface area contributed by atoms with Crippen molar-refractivity contribution in [1.82, 2.24) is 14.9 Å². The maximum absolute atomic E-state index is 4.05. The predicted molar refractivity (Wildman–Crippen MR) is 68.7 cm³/mol. The van der Waals surface area contributed by atoms with Gasteiger partial charge in [0.15, 0.2) is 0 Å². The van der Waals surface area contributed by atoms with Crippen LogP contribution >= 0.6 is 0 Å². The Morgan fingerprint density at radius 2 is 2.29 bits per heavy atom. The highest BCUT2D eigenvalue weighted by atomic mass is 15.0. The summed E-state index contributed by atoms with van der Waals surface area (Å²) in [5, 5.41) is 3.64. The van der Waals surface area contributed by atoms with E-state index >= 15 is 0 Å². The van der Waals surface area contributed by atoms with Crippen LogP contribution in [0.1, 0.15) is 32.1 Å². The highest BCUT2D eigenvalue weighted by Gasteiger charge is 2.38. The lowest BCUT2D eigenvalue weighted by Gasteiger charge is -2.21. The van der Waals surface area contributed by atoms with E-state index in [1.54, 1.807) is 0 Å². The first kappa shape index (κ1) is 11.3. The van der Waals surface area contributed by atoms with E-state index in [1.807, 2.05) is 18.7 Å². The summed E-state index contributed by atoms with van der Waals surface area (Å²) in [6, 6.07) is 0. The van der Waals surface area contributed by atoms with Crippen LogP contribution in [0.3, 0.4) is 0 Å². The first-order chi connectivity index (χ1) is 8.42. The van der Waals surface area contributed by atoms with Gasteiger partial charge in [0, 0.05) is 18.9 Å². The number of aromatic nitrogens is 2. The molecule has 3 heteroatoms. The summed E-state index contributed by atoms with van der Waals surface area (Å²) >= 11 is 0. The van der Waals surface area contributed by atoms with Gasteiger partial charge >= 0.3 is 0 Å². The number of rotatable bonds is 6. The van der Waals surface area contributed by atoms with Gasteiger partial charge in [-0.1, -0.05) is 6.42 Å². The summed E-state index contributed by atoms with van der Waals surface area (Å²) in [5.74, 6) is 3.13. The second-order valence-electron chi connectivity index (χ2n) is 5.79. The molecule has 2 bridgehead atoms. The Hall–Kier alpha value is -0.830. The van der Waals surface area contributed by atoms with E-state index in [-0.39, 0.29) is 0 Å². The minimum absolute atomic E-state index is 0.988.